The topological polar surface area (TPSA) is 12.5 Å². The van der Waals surface area contributed by atoms with Crippen molar-refractivity contribution in [1.82, 2.24) is 5.12 Å². The largest absolute Gasteiger partial charge is 0.490 e. The van der Waals surface area contributed by atoms with E-state index in [-0.39, 0.29) is 6.61 Å². The maximum atomic E-state index is 12.8. The zero-order valence-electron chi connectivity index (χ0n) is 6.43. The third kappa shape index (κ3) is 1.39. The molecular formula is C7H8F3NO. The van der Waals surface area contributed by atoms with Gasteiger partial charge in [0, 0.05) is 6.20 Å². The second kappa shape index (κ2) is 3.08. The molecule has 0 radical (unpaired) electrons. The Kier molecular flexibility index (Phi) is 2.30. The normalized spacial score (nSPS) is 20.7. The monoisotopic (exact) mass is 179 g/mol. The van der Waals surface area contributed by atoms with Crippen LogP contribution in [0.4, 0.5) is 13.3 Å². The molecule has 0 spiro atoms. The molecule has 0 bridgehead atoms. The first-order valence-corrected chi connectivity index (χ1v) is 3.43. The zero-order valence-corrected chi connectivity index (χ0v) is 6.43. The Morgan fingerprint density at radius 1 is 1.58 bits per heavy atom. The molecule has 0 unspecified atom stereocenters. The van der Waals surface area contributed by atoms with Crippen LogP contribution in [0, 0.1) is 0 Å². The average molecular weight is 179 g/mol. The van der Waals surface area contributed by atoms with Crippen molar-refractivity contribution in [3.8, 4) is 0 Å². The Labute approximate surface area is 67.8 Å². The van der Waals surface area contributed by atoms with E-state index < -0.39 is 16.9 Å². The maximum Gasteiger partial charge on any atom is 0.408 e. The van der Waals surface area contributed by atoms with Crippen molar-refractivity contribution < 1.29 is 18.0 Å². The van der Waals surface area contributed by atoms with Gasteiger partial charge in [0.1, 0.15) is 0 Å². The minimum absolute atomic E-state index is 0.0864. The quantitative estimate of drug-likeness (QED) is 0.476. The summed E-state index contributed by atoms with van der Waals surface area (Å²) in [5.74, 6) is -0.671. The fourth-order valence-electron chi connectivity index (χ4n) is 0.796. The molecule has 12 heavy (non-hydrogen) atoms. The summed E-state index contributed by atoms with van der Waals surface area (Å²) < 4.78 is 42.5. The highest BCUT2D eigenvalue weighted by atomic mass is 19.3. The molecule has 0 fully saturated rings. The van der Waals surface area contributed by atoms with E-state index in [1.807, 2.05) is 0 Å². The first kappa shape index (κ1) is 8.96. The Morgan fingerprint density at radius 2 is 2.25 bits per heavy atom. The van der Waals surface area contributed by atoms with Crippen LogP contribution in [-0.2, 0) is 4.74 Å². The van der Waals surface area contributed by atoms with E-state index in [1.54, 1.807) is 6.92 Å². The highest BCUT2D eigenvalue weighted by Crippen LogP contribution is 2.32. The Morgan fingerprint density at radius 3 is 2.83 bits per heavy atom. The molecule has 0 N–H and O–H groups in total. The first-order chi connectivity index (χ1) is 5.59. The molecule has 1 heterocycles. The van der Waals surface area contributed by atoms with Crippen molar-refractivity contribution in [1.29, 1.82) is 0 Å². The van der Waals surface area contributed by atoms with Crippen LogP contribution in [0.5, 0.6) is 0 Å². The van der Waals surface area contributed by atoms with Crippen molar-refractivity contribution in [3.05, 3.63) is 24.1 Å². The van der Waals surface area contributed by atoms with Crippen LogP contribution in [0.25, 0.3) is 0 Å². The number of allylic oxidation sites excluding steroid dienone is 2. The summed E-state index contributed by atoms with van der Waals surface area (Å²) in [4.78, 5) is 0. The molecule has 1 aliphatic heterocycles. The van der Waals surface area contributed by atoms with Crippen LogP contribution in [0.3, 0.4) is 0 Å². The summed E-state index contributed by atoms with van der Waals surface area (Å²) in [6.07, 6.45) is 2.84. The van der Waals surface area contributed by atoms with Gasteiger partial charge in [0.05, 0.1) is 6.61 Å². The van der Waals surface area contributed by atoms with Crippen molar-refractivity contribution in [2.45, 2.75) is 13.0 Å². The van der Waals surface area contributed by atoms with E-state index >= 15 is 0 Å². The lowest BCUT2D eigenvalue weighted by Crippen LogP contribution is -2.36. The number of halogens is 3. The molecular weight excluding hydrogens is 171 g/mol. The molecule has 1 aliphatic rings. The van der Waals surface area contributed by atoms with Gasteiger partial charge in [-0.3, -0.25) is 0 Å². The lowest BCUT2D eigenvalue weighted by atomic mass is 10.3. The number of ether oxygens (including phenoxy) is 1. The van der Waals surface area contributed by atoms with E-state index in [2.05, 4.69) is 4.74 Å². The van der Waals surface area contributed by atoms with Gasteiger partial charge in [0.15, 0.2) is 5.76 Å². The standard InChI is InChI=1S/C7H8F3NO/c1-2-12-6-4-3-5-11(10)7(6,8)9/h3-5H,2H2,1H3. The molecule has 5 heteroatoms. The van der Waals surface area contributed by atoms with Crippen LogP contribution < -0.4 is 0 Å². The summed E-state index contributed by atoms with van der Waals surface area (Å²) in [7, 11) is 0. The summed E-state index contributed by atoms with van der Waals surface area (Å²) in [6.45, 7) is 1.64. The highest BCUT2D eigenvalue weighted by molar-refractivity contribution is 5.18. The van der Waals surface area contributed by atoms with Gasteiger partial charge in [-0.2, -0.15) is 8.78 Å². The van der Waals surface area contributed by atoms with Crippen LogP contribution in [-0.4, -0.2) is 17.8 Å². The average Bonchev–Trinajstić information content (AvgIpc) is 2.00. The second-order valence-corrected chi connectivity index (χ2v) is 2.16. The van der Waals surface area contributed by atoms with Gasteiger partial charge in [0.25, 0.3) is 0 Å². The second-order valence-electron chi connectivity index (χ2n) is 2.16. The maximum absolute atomic E-state index is 12.8. The van der Waals surface area contributed by atoms with Crippen LogP contribution in [0.2, 0.25) is 0 Å². The molecule has 0 atom stereocenters. The van der Waals surface area contributed by atoms with Gasteiger partial charge >= 0.3 is 6.05 Å². The number of rotatable bonds is 2. The van der Waals surface area contributed by atoms with Gasteiger partial charge < -0.3 is 4.74 Å². The predicted octanol–water partition coefficient (Wildman–Crippen LogP) is 2.21. The van der Waals surface area contributed by atoms with Crippen LogP contribution >= 0.6 is 0 Å². The SMILES string of the molecule is CCOC1=CC=CN(F)C1(F)F. The lowest BCUT2D eigenvalue weighted by molar-refractivity contribution is -0.204. The van der Waals surface area contributed by atoms with Crippen molar-refractivity contribution in [3.63, 3.8) is 0 Å². The van der Waals surface area contributed by atoms with Gasteiger partial charge in [-0.25, -0.2) is 0 Å². The number of alkyl halides is 2. The van der Waals surface area contributed by atoms with E-state index in [9.17, 15) is 13.3 Å². The summed E-state index contributed by atoms with van der Waals surface area (Å²) in [6, 6.07) is -3.68. The van der Waals surface area contributed by atoms with Gasteiger partial charge in [-0.05, 0) is 19.1 Å². The molecule has 0 amide bonds. The molecule has 1 rings (SSSR count). The first-order valence-electron chi connectivity index (χ1n) is 3.43. The van der Waals surface area contributed by atoms with Crippen molar-refractivity contribution >= 4 is 0 Å². The lowest BCUT2D eigenvalue weighted by Gasteiger charge is -2.25. The number of nitrogens with zero attached hydrogens (tertiary/aromatic N) is 1. The molecule has 0 saturated carbocycles. The number of hydrogen-bond donors (Lipinski definition) is 0. The Bertz CT molecular complexity index is 225. The molecule has 0 aromatic carbocycles. The summed E-state index contributed by atoms with van der Waals surface area (Å²) >= 11 is 0. The summed E-state index contributed by atoms with van der Waals surface area (Å²) in [5.41, 5.74) is 0. The van der Waals surface area contributed by atoms with Gasteiger partial charge in [0.2, 0.25) is 0 Å². The van der Waals surface area contributed by atoms with E-state index in [0.717, 1.165) is 12.2 Å². The molecule has 0 saturated heterocycles. The highest BCUT2D eigenvalue weighted by Gasteiger charge is 2.44. The minimum Gasteiger partial charge on any atom is -0.490 e. The smallest absolute Gasteiger partial charge is 0.408 e. The van der Waals surface area contributed by atoms with E-state index in [0.29, 0.717) is 6.20 Å². The Balaban J connectivity index is 2.82. The molecule has 2 nitrogen and oxygen atoms in total. The van der Waals surface area contributed by atoms with Gasteiger partial charge in [-0.1, -0.05) is 4.48 Å². The van der Waals surface area contributed by atoms with Crippen molar-refractivity contribution in [2.75, 3.05) is 6.61 Å². The fourth-order valence-corrected chi connectivity index (χ4v) is 0.796. The van der Waals surface area contributed by atoms with Crippen LogP contribution in [0.1, 0.15) is 6.92 Å². The molecule has 68 valence electrons. The summed E-state index contributed by atoms with van der Waals surface area (Å²) in [5, 5.41) is -0.683. The minimum atomic E-state index is -3.68. The molecule has 0 aromatic heterocycles. The Hall–Kier alpha value is -1.13. The zero-order chi connectivity index (χ0) is 9.19. The van der Waals surface area contributed by atoms with Crippen molar-refractivity contribution in [2.24, 2.45) is 0 Å². The predicted molar refractivity (Wildman–Crippen MR) is 36.7 cm³/mol. The fraction of sp³-hybridized carbons (Fsp3) is 0.429. The third-order valence-corrected chi connectivity index (χ3v) is 1.33. The third-order valence-electron chi connectivity index (χ3n) is 1.33. The van der Waals surface area contributed by atoms with E-state index in [4.69, 9.17) is 0 Å². The van der Waals surface area contributed by atoms with Crippen LogP contribution in [0.15, 0.2) is 24.1 Å². The van der Waals surface area contributed by atoms with Gasteiger partial charge in [-0.15, -0.1) is 5.12 Å². The number of hydrogen-bond acceptors (Lipinski definition) is 2. The molecule has 0 aliphatic carbocycles. The molecule has 0 aromatic rings. The van der Waals surface area contributed by atoms with E-state index in [1.165, 1.54) is 0 Å².